The van der Waals surface area contributed by atoms with Crippen molar-refractivity contribution in [2.45, 2.75) is 50.9 Å². The third kappa shape index (κ3) is 5.13. The Morgan fingerprint density at radius 1 is 1.21 bits per heavy atom. The third-order valence-corrected chi connectivity index (χ3v) is 5.93. The van der Waals surface area contributed by atoms with Crippen molar-refractivity contribution in [1.82, 2.24) is 10.3 Å². The largest absolute Gasteiger partial charge is 0.474 e. The molecule has 10 heteroatoms. The molecule has 2 heterocycles. The number of carbonyl (C=O) groups is 1. The molecule has 1 aliphatic carbocycles. The Kier molecular flexibility index (Phi) is 7.16. The predicted octanol–water partition coefficient (Wildman–Crippen LogP) is 3.26. The van der Waals surface area contributed by atoms with E-state index in [4.69, 9.17) is 14.2 Å². The van der Waals surface area contributed by atoms with Crippen LogP contribution in [0.2, 0.25) is 0 Å². The number of halogens is 3. The molecule has 178 valence electrons. The fraction of sp³-hybridized carbons (Fsp3) is 0.478. The average Bonchev–Trinajstić information content (AvgIpc) is 3.34. The van der Waals surface area contributed by atoms with E-state index in [9.17, 15) is 23.1 Å². The van der Waals surface area contributed by atoms with Crippen LogP contribution in [0.4, 0.5) is 13.2 Å². The summed E-state index contributed by atoms with van der Waals surface area (Å²) in [5, 5.41) is 12.9. The van der Waals surface area contributed by atoms with Crippen molar-refractivity contribution in [1.29, 1.82) is 0 Å². The molecule has 0 radical (unpaired) electrons. The summed E-state index contributed by atoms with van der Waals surface area (Å²) in [5.74, 6) is -4.20. The minimum atomic E-state index is -1.33. The van der Waals surface area contributed by atoms with Gasteiger partial charge in [-0.15, -0.1) is 0 Å². The van der Waals surface area contributed by atoms with E-state index >= 15 is 0 Å². The lowest BCUT2D eigenvalue weighted by molar-refractivity contribution is 0.0315. The second-order valence-electron chi connectivity index (χ2n) is 8.26. The van der Waals surface area contributed by atoms with Gasteiger partial charge >= 0.3 is 0 Å². The van der Waals surface area contributed by atoms with Gasteiger partial charge in [0.15, 0.2) is 11.6 Å². The molecule has 2 aliphatic rings. The third-order valence-electron chi connectivity index (χ3n) is 5.93. The highest BCUT2D eigenvalue weighted by Gasteiger charge is 2.27. The SMILES string of the molecule is Cc1c(F)cc(-c2cc(C(=O)N[C@@H]3CCCC[C@H]3O)cnc2OCC2COCO2)c(F)c1F. The Hall–Kier alpha value is -2.69. The molecule has 2 aromatic rings. The van der Waals surface area contributed by atoms with Gasteiger partial charge < -0.3 is 24.6 Å². The van der Waals surface area contributed by atoms with E-state index < -0.39 is 46.6 Å². The molecule has 1 amide bonds. The average molecular weight is 466 g/mol. The van der Waals surface area contributed by atoms with Gasteiger partial charge in [-0.3, -0.25) is 4.79 Å². The molecule has 0 bridgehead atoms. The summed E-state index contributed by atoms with van der Waals surface area (Å²) in [6.45, 7) is 1.55. The topological polar surface area (TPSA) is 89.9 Å². The Balaban J connectivity index is 1.67. The van der Waals surface area contributed by atoms with Crippen molar-refractivity contribution in [3.05, 3.63) is 46.9 Å². The van der Waals surface area contributed by atoms with Crippen molar-refractivity contribution in [2.24, 2.45) is 0 Å². The Morgan fingerprint density at radius 3 is 2.73 bits per heavy atom. The van der Waals surface area contributed by atoms with Crippen LogP contribution in [0, 0.1) is 24.4 Å². The molecule has 1 aliphatic heterocycles. The maximum Gasteiger partial charge on any atom is 0.253 e. The van der Waals surface area contributed by atoms with Crippen molar-refractivity contribution in [3.8, 4) is 17.0 Å². The molecule has 1 unspecified atom stereocenters. The number of aromatic nitrogens is 1. The van der Waals surface area contributed by atoms with Gasteiger partial charge in [-0.25, -0.2) is 18.2 Å². The monoisotopic (exact) mass is 466 g/mol. The number of carbonyl (C=O) groups excluding carboxylic acids is 1. The molecule has 1 saturated heterocycles. The molecule has 1 aromatic heterocycles. The summed E-state index contributed by atoms with van der Waals surface area (Å²) < 4.78 is 59.4. The van der Waals surface area contributed by atoms with Crippen LogP contribution < -0.4 is 10.1 Å². The van der Waals surface area contributed by atoms with Crippen LogP contribution in [0.1, 0.15) is 41.6 Å². The van der Waals surface area contributed by atoms with Crippen LogP contribution >= 0.6 is 0 Å². The summed E-state index contributed by atoms with van der Waals surface area (Å²) in [4.78, 5) is 16.9. The maximum absolute atomic E-state index is 14.8. The molecule has 4 rings (SSSR count). The van der Waals surface area contributed by atoms with Crippen LogP contribution in [0.25, 0.3) is 11.1 Å². The van der Waals surface area contributed by atoms with Gasteiger partial charge in [0.05, 0.1) is 24.3 Å². The fourth-order valence-corrected chi connectivity index (χ4v) is 3.94. The van der Waals surface area contributed by atoms with Gasteiger partial charge in [0.1, 0.15) is 25.3 Å². The zero-order valence-electron chi connectivity index (χ0n) is 18.1. The predicted molar refractivity (Wildman–Crippen MR) is 111 cm³/mol. The quantitative estimate of drug-likeness (QED) is 0.636. The van der Waals surface area contributed by atoms with Crippen LogP contribution in [0.15, 0.2) is 18.3 Å². The normalized spacial score (nSPS) is 22.9. The molecule has 3 atom stereocenters. The Labute approximate surface area is 188 Å². The van der Waals surface area contributed by atoms with E-state index in [1.54, 1.807) is 0 Å². The van der Waals surface area contributed by atoms with E-state index in [0.717, 1.165) is 25.8 Å². The van der Waals surface area contributed by atoms with Gasteiger partial charge in [0.25, 0.3) is 5.91 Å². The number of rotatable bonds is 6. The van der Waals surface area contributed by atoms with Crippen molar-refractivity contribution < 1.29 is 37.3 Å². The standard InChI is InChI=1S/C23H25F3N2O5/c1-12-17(24)7-15(21(26)20(12)25)16-6-13(22(30)28-18-4-2-3-5-19(18)29)8-27-23(16)32-10-14-9-31-11-33-14/h6-8,14,18-19,29H,2-5,9-11H2,1H3,(H,28,30)/t14?,18-,19-/m1/s1. The summed E-state index contributed by atoms with van der Waals surface area (Å²) >= 11 is 0. The number of aliphatic hydroxyl groups is 1. The van der Waals surface area contributed by atoms with Gasteiger partial charge in [0, 0.05) is 22.9 Å². The van der Waals surface area contributed by atoms with Gasteiger partial charge in [-0.05, 0) is 31.9 Å². The fourth-order valence-electron chi connectivity index (χ4n) is 3.94. The highest BCUT2D eigenvalue weighted by Crippen LogP contribution is 2.34. The number of aliphatic hydroxyl groups excluding tert-OH is 1. The first-order valence-electron chi connectivity index (χ1n) is 10.8. The molecule has 7 nitrogen and oxygen atoms in total. The first-order valence-corrected chi connectivity index (χ1v) is 10.8. The first kappa shape index (κ1) is 23.5. The lowest BCUT2D eigenvalue weighted by atomic mass is 9.92. The van der Waals surface area contributed by atoms with E-state index in [1.807, 2.05) is 0 Å². The summed E-state index contributed by atoms with van der Waals surface area (Å²) in [6.07, 6.45) is 3.15. The smallest absolute Gasteiger partial charge is 0.253 e. The first-order chi connectivity index (χ1) is 15.8. The van der Waals surface area contributed by atoms with Crippen LogP contribution in [-0.2, 0) is 9.47 Å². The van der Waals surface area contributed by atoms with Crippen molar-refractivity contribution in [3.63, 3.8) is 0 Å². The molecule has 33 heavy (non-hydrogen) atoms. The lowest BCUT2D eigenvalue weighted by Crippen LogP contribution is -2.45. The number of pyridine rings is 1. The number of hydrogen-bond donors (Lipinski definition) is 2. The highest BCUT2D eigenvalue weighted by atomic mass is 19.2. The number of nitrogens with one attached hydrogen (secondary N) is 1. The van der Waals surface area contributed by atoms with E-state index in [-0.39, 0.29) is 36.5 Å². The lowest BCUT2D eigenvalue weighted by Gasteiger charge is -2.28. The molecule has 1 aromatic carbocycles. The maximum atomic E-state index is 14.8. The summed E-state index contributed by atoms with van der Waals surface area (Å²) in [7, 11) is 0. The number of amides is 1. The van der Waals surface area contributed by atoms with Gasteiger partial charge in [0.2, 0.25) is 5.88 Å². The summed E-state index contributed by atoms with van der Waals surface area (Å²) in [5.41, 5.74) is -0.921. The molecule has 2 N–H and O–H groups in total. The number of hydrogen-bond acceptors (Lipinski definition) is 6. The number of nitrogens with zero attached hydrogens (tertiary/aromatic N) is 1. The number of benzene rings is 1. The van der Waals surface area contributed by atoms with Crippen LogP contribution in [0.3, 0.4) is 0 Å². The molecule has 2 fully saturated rings. The summed E-state index contributed by atoms with van der Waals surface area (Å²) in [6, 6.07) is 1.70. The van der Waals surface area contributed by atoms with Crippen LogP contribution in [-0.4, -0.2) is 54.3 Å². The Bertz CT molecular complexity index is 1030. The van der Waals surface area contributed by atoms with Crippen LogP contribution in [0.5, 0.6) is 5.88 Å². The van der Waals surface area contributed by atoms with Crippen molar-refractivity contribution in [2.75, 3.05) is 20.0 Å². The minimum Gasteiger partial charge on any atom is -0.474 e. The second-order valence-corrected chi connectivity index (χ2v) is 8.26. The highest BCUT2D eigenvalue weighted by molar-refractivity contribution is 5.95. The van der Waals surface area contributed by atoms with Gasteiger partial charge in [-0.2, -0.15) is 0 Å². The Morgan fingerprint density at radius 2 is 2.00 bits per heavy atom. The van der Waals surface area contributed by atoms with E-state index in [2.05, 4.69) is 10.3 Å². The van der Waals surface area contributed by atoms with Crippen molar-refractivity contribution >= 4 is 5.91 Å². The van der Waals surface area contributed by atoms with E-state index in [0.29, 0.717) is 19.4 Å². The molecular formula is C23H25F3N2O5. The zero-order valence-corrected chi connectivity index (χ0v) is 18.1. The van der Waals surface area contributed by atoms with E-state index in [1.165, 1.54) is 12.3 Å². The van der Waals surface area contributed by atoms with Gasteiger partial charge in [-0.1, -0.05) is 12.8 Å². The second kappa shape index (κ2) is 10.1. The molecule has 0 spiro atoms. The minimum absolute atomic E-state index is 0.0122. The molecule has 1 saturated carbocycles. The zero-order chi connectivity index (χ0) is 23.5. The molecular weight excluding hydrogens is 441 g/mol. The number of ether oxygens (including phenoxy) is 3.